The Kier molecular flexibility index (Phi) is 3.26. The van der Waals surface area contributed by atoms with Crippen LogP contribution >= 0.6 is 43.2 Å². The van der Waals surface area contributed by atoms with E-state index >= 15 is 0 Å². The first-order chi connectivity index (χ1) is 6.66. The minimum Gasteiger partial charge on any atom is -0.346 e. The lowest BCUT2D eigenvalue weighted by atomic mass is 10.2. The van der Waals surface area contributed by atoms with E-state index in [0.717, 1.165) is 26.2 Å². The van der Waals surface area contributed by atoms with E-state index in [-0.39, 0.29) is 5.91 Å². The lowest BCUT2D eigenvalue weighted by Crippen LogP contribution is -2.56. The zero-order chi connectivity index (χ0) is 10.1. The molecular formula is C8H8Br2N2OS. The number of thiophene rings is 1. The SMILES string of the molecule is O=C(NC1CNC1)c1cc(Br)c(Br)s1. The van der Waals surface area contributed by atoms with E-state index in [4.69, 9.17) is 0 Å². The normalized spacial score (nSPS) is 16.4. The van der Waals surface area contributed by atoms with Gasteiger partial charge in [0.2, 0.25) is 0 Å². The average Bonchev–Trinajstić information content (AvgIpc) is 2.40. The van der Waals surface area contributed by atoms with Crippen LogP contribution in [-0.4, -0.2) is 25.0 Å². The summed E-state index contributed by atoms with van der Waals surface area (Å²) in [5.41, 5.74) is 0. The number of carbonyl (C=O) groups excluding carboxylic acids is 1. The number of nitrogens with one attached hydrogen (secondary N) is 2. The van der Waals surface area contributed by atoms with Crippen LogP contribution in [0, 0.1) is 0 Å². The van der Waals surface area contributed by atoms with E-state index in [1.165, 1.54) is 11.3 Å². The van der Waals surface area contributed by atoms with Gasteiger partial charge in [-0.15, -0.1) is 11.3 Å². The Bertz CT molecular complexity index is 343. The highest BCUT2D eigenvalue weighted by Gasteiger charge is 2.20. The lowest BCUT2D eigenvalue weighted by Gasteiger charge is -2.27. The van der Waals surface area contributed by atoms with Crippen molar-refractivity contribution in [1.82, 2.24) is 10.6 Å². The van der Waals surface area contributed by atoms with Gasteiger partial charge in [0.05, 0.1) is 14.7 Å². The molecule has 1 aromatic heterocycles. The van der Waals surface area contributed by atoms with E-state index < -0.39 is 0 Å². The van der Waals surface area contributed by atoms with E-state index in [2.05, 4.69) is 42.5 Å². The van der Waals surface area contributed by atoms with Crippen molar-refractivity contribution in [2.75, 3.05) is 13.1 Å². The Morgan fingerprint density at radius 1 is 1.57 bits per heavy atom. The van der Waals surface area contributed by atoms with Crippen molar-refractivity contribution >= 4 is 49.1 Å². The summed E-state index contributed by atoms with van der Waals surface area (Å²) in [5, 5.41) is 6.05. The number of carbonyl (C=O) groups is 1. The molecule has 14 heavy (non-hydrogen) atoms. The van der Waals surface area contributed by atoms with Gasteiger partial charge in [-0.05, 0) is 37.9 Å². The summed E-state index contributed by atoms with van der Waals surface area (Å²) in [6, 6.07) is 2.12. The molecule has 1 aliphatic rings. The Hall–Kier alpha value is 0.0900. The number of hydrogen-bond donors (Lipinski definition) is 2. The molecule has 0 radical (unpaired) electrons. The second-order valence-electron chi connectivity index (χ2n) is 3.06. The number of halogens is 2. The van der Waals surface area contributed by atoms with E-state index in [9.17, 15) is 4.79 Å². The van der Waals surface area contributed by atoms with Crippen LogP contribution in [0.25, 0.3) is 0 Å². The minimum atomic E-state index is 0.00731. The molecular weight excluding hydrogens is 332 g/mol. The van der Waals surface area contributed by atoms with E-state index in [1.54, 1.807) is 0 Å². The van der Waals surface area contributed by atoms with Crippen molar-refractivity contribution in [3.8, 4) is 0 Å². The highest BCUT2D eigenvalue weighted by Crippen LogP contribution is 2.32. The standard InChI is InChI=1S/C8H8Br2N2OS/c9-5-1-6(14-7(5)10)8(13)12-4-2-11-3-4/h1,4,11H,2-3H2,(H,12,13). The van der Waals surface area contributed by atoms with Crippen LogP contribution in [-0.2, 0) is 0 Å². The van der Waals surface area contributed by atoms with Crippen molar-refractivity contribution in [2.45, 2.75) is 6.04 Å². The summed E-state index contributed by atoms with van der Waals surface area (Å²) >= 11 is 8.15. The maximum absolute atomic E-state index is 11.6. The first-order valence-corrected chi connectivity index (χ1v) is 6.53. The maximum Gasteiger partial charge on any atom is 0.261 e. The second-order valence-corrected chi connectivity index (χ2v) is 6.29. The van der Waals surface area contributed by atoms with Crippen LogP contribution in [0.1, 0.15) is 9.67 Å². The molecule has 0 unspecified atom stereocenters. The van der Waals surface area contributed by atoms with Crippen LogP contribution in [0.3, 0.4) is 0 Å². The molecule has 0 saturated carbocycles. The minimum absolute atomic E-state index is 0.00731. The molecule has 1 aliphatic heterocycles. The molecule has 2 N–H and O–H groups in total. The molecule has 1 amide bonds. The molecule has 0 spiro atoms. The van der Waals surface area contributed by atoms with Gasteiger partial charge in [-0.2, -0.15) is 0 Å². The third-order valence-electron chi connectivity index (χ3n) is 1.99. The summed E-state index contributed by atoms with van der Waals surface area (Å²) < 4.78 is 1.88. The molecule has 2 heterocycles. The molecule has 0 aromatic carbocycles. The van der Waals surface area contributed by atoms with Crippen molar-refractivity contribution < 1.29 is 4.79 Å². The Morgan fingerprint density at radius 2 is 2.29 bits per heavy atom. The molecule has 3 nitrogen and oxygen atoms in total. The fraction of sp³-hybridized carbons (Fsp3) is 0.375. The molecule has 6 heteroatoms. The van der Waals surface area contributed by atoms with Gasteiger partial charge in [0.25, 0.3) is 5.91 Å². The van der Waals surface area contributed by atoms with Gasteiger partial charge in [-0.3, -0.25) is 4.79 Å². The third-order valence-corrected chi connectivity index (χ3v) is 5.24. The first kappa shape index (κ1) is 10.6. The lowest BCUT2D eigenvalue weighted by molar-refractivity contribution is 0.0928. The van der Waals surface area contributed by atoms with Crippen molar-refractivity contribution in [3.05, 3.63) is 19.2 Å². The van der Waals surface area contributed by atoms with Crippen LogP contribution in [0.5, 0.6) is 0 Å². The predicted molar refractivity (Wildman–Crippen MR) is 63.8 cm³/mol. The molecule has 0 atom stereocenters. The first-order valence-electron chi connectivity index (χ1n) is 4.13. The number of amides is 1. The van der Waals surface area contributed by atoms with Gasteiger partial charge in [-0.25, -0.2) is 0 Å². The van der Waals surface area contributed by atoms with Gasteiger partial charge < -0.3 is 10.6 Å². The fourth-order valence-electron chi connectivity index (χ4n) is 1.11. The second kappa shape index (κ2) is 4.30. The average molecular weight is 340 g/mol. The van der Waals surface area contributed by atoms with Crippen LogP contribution < -0.4 is 10.6 Å². The quantitative estimate of drug-likeness (QED) is 0.865. The summed E-state index contributed by atoms with van der Waals surface area (Å²) in [4.78, 5) is 12.4. The molecule has 0 bridgehead atoms. The van der Waals surface area contributed by atoms with Gasteiger partial charge in [0, 0.05) is 17.6 Å². The third kappa shape index (κ3) is 2.18. The largest absolute Gasteiger partial charge is 0.346 e. The fourth-order valence-corrected chi connectivity index (χ4v) is 3.04. The van der Waals surface area contributed by atoms with E-state index in [0.29, 0.717) is 6.04 Å². The van der Waals surface area contributed by atoms with Gasteiger partial charge in [0.15, 0.2) is 0 Å². The number of rotatable bonds is 2. The monoisotopic (exact) mass is 338 g/mol. The molecule has 76 valence electrons. The Labute approximate surface area is 103 Å². The van der Waals surface area contributed by atoms with Crippen molar-refractivity contribution in [1.29, 1.82) is 0 Å². The molecule has 0 aliphatic carbocycles. The zero-order valence-electron chi connectivity index (χ0n) is 7.14. The van der Waals surface area contributed by atoms with E-state index in [1.807, 2.05) is 6.07 Å². The van der Waals surface area contributed by atoms with Gasteiger partial charge in [-0.1, -0.05) is 0 Å². The Balaban J connectivity index is 2.02. The van der Waals surface area contributed by atoms with Gasteiger partial charge in [0.1, 0.15) is 0 Å². The van der Waals surface area contributed by atoms with Crippen LogP contribution in [0.4, 0.5) is 0 Å². The van der Waals surface area contributed by atoms with Crippen LogP contribution in [0.2, 0.25) is 0 Å². The highest BCUT2D eigenvalue weighted by atomic mass is 79.9. The van der Waals surface area contributed by atoms with Crippen LogP contribution in [0.15, 0.2) is 14.3 Å². The number of hydrogen-bond acceptors (Lipinski definition) is 3. The van der Waals surface area contributed by atoms with Crippen molar-refractivity contribution in [3.63, 3.8) is 0 Å². The highest BCUT2D eigenvalue weighted by molar-refractivity contribution is 9.13. The predicted octanol–water partition coefficient (Wildman–Crippen LogP) is 1.97. The molecule has 2 rings (SSSR count). The summed E-state index contributed by atoms with van der Waals surface area (Å²) in [6.07, 6.45) is 0. The Morgan fingerprint density at radius 3 is 2.71 bits per heavy atom. The van der Waals surface area contributed by atoms with Gasteiger partial charge >= 0.3 is 0 Å². The topological polar surface area (TPSA) is 41.1 Å². The molecule has 1 aromatic rings. The summed E-state index contributed by atoms with van der Waals surface area (Å²) in [7, 11) is 0. The van der Waals surface area contributed by atoms with Crippen molar-refractivity contribution in [2.24, 2.45) is 0 Å². The molecule has 1 saturated heterocycles. The molecule has 1 fully saturated rings. The maximum atomic E-state index is 11.6. The zero-order valence-corrected chi connectivity index (χ0v) is 11.1. The summed E-state index contributed by atoms with van der Waals surface area (Å²) in [6.45, 7) is 1.75. The summed E-state index contributed by atoms with van der Waals surface area (Å²) in [5.74, 6) is 0.00731. The smallest absolute Gasteiger partial charge is 0.261 e.